The van der Waals surface area contributed by atoms with Gasteiger partial charge in [-0.2, -0.15) is 4.98 Å². The maximum Gasteiger partial charge on any atom is 0.231 e. The van der Waals surface area contributed by atoms with Crippen molar-refractivity contribution in [2.75, 3.05) is 26.3 Å². The monoisotopic (exact) mass is 303 g/mol. The van der Waals surface area contributed by atoms with Crippen molar-refractivity contribution in [3.8, 4) is 11.4 Å². The summed E-state index contributed by atoms with van der Waals surface area (Å²) in [5, 5.41) is 7.53. The lowest BCUT2D eigenvalue weighted by Gasteiger charge is -2.36. The summed E-state index contributed by atoms with van der Waals surface area (Å²) in [4.78, 5) is 4.56. The average molecular weight is 303 g/mol. The van der Waals surface area contributed by atoms with Crippen LogP contribution < -0.4 is 5.32 Å². The first kappa shape index (κ1) is 13.8. The molecule has 0 bridgehead atoms. The highest BCUT2D eigenvalue weighted by atomic mass is 19.1. The van der Waals surface area contributed by atoms with E-state index >= 15 is 0 Å². The van der Waals surface area contributed by atoms with E-state index in [1.54, 1.807) is 12.1 Å². The van der Waals surface area contributed by atoms with Crippen LogP contribution in [0.2, 0.25) is 0 Å². The van der Waals surface area contributed by atoms with E-state index in [1.807, 2.05) is 0 Å². The minimum atomic E-state index is -0.270. The van der Waals surface area contributed by atoms with E-state index in [4.69, 9.17) is 9.26 Å². The van der Waals surface area contributed by atoms with Gasteiger partial charge in [-0.25, -0.2) is 4.39 Å². The molecule has 2 aliphatic rings. The molecule has 2 fully saturated rings. The van der Waals surface area contributed by atoms with Crippen molar-refractivity contribution < 1.29 is 13.7 Å². The molecule has 6 heteroatoms. The predicted octanol–water partition coefficient (Wildman–Crippen LogP) is 2.36. The number of halogens is 1. The third kappa shape index (κ3) is 2.32. The highest BCUT2D eigenvalue weighted by Gasteiger charge is 2.47. The molecular weight excluding hydrogens is 285 g/mol. The van der Waals surface area contributed by atoms with E-state index in [0.29, 0.717) is 11.7 Å². The Balaban J connectivity index is 1.62. The Morgan fingerprint density at radius 1 is 1.18 bits per heavy atom. The summed E-state index contributed by atoms with van der Waals surface area (Å²) in [7, 11) is 0. The molecule has 2 saturated heterocycles. The van der Waals surface area contributed by atoms with Crippen LogP contribution >= 0.6 is 0 Å². The minimum absolute atomic E-state index is 0.158. The van der Waals surface area contributed by atoms with Gasteiger partial charge in [-0.3, -0.25) is 0 Å². The SMILES string of the molecule is Fc1ccc(-c2noc([C@@H]3CNCC34CCOCC4)n2)cc1. The van der Waals surface area contributed by atoms with Crippen LogP contribution in [0.5, 0.6) is 0 Å². The van der Waals surface area contributed by atoms with Crippen molar-refractivity contribution in [2.24, 2.45) is 5.41 Å². The number of ether oxygens (including phenoxy) is 1. The van der Waals surface area contributed by atoms with Crippen LogP contribution in [0.1, 0.15) is 24.7 Å². The van der Waals surface area contributed by atoms with E-state index in [0.717, 1.165) is 44.7 Å². The van der Waals surface area contributed by atoms with Gasteiger partial charge in [0.05, 0.1) is 5.92 Å². The van der Waals surface area contributed by atoms with Crippen molar-refractivity contribution >= 4 is 0 Å². The Bertz CT molecular complexity index is 650. The Morgan fingerprint density at radius 3 is 2.73 bits per heavy atom. The molecule has 1 atom stereocenters. The first-order chi connectivity index (χ1) is 10.8. The first-order valence-corrected chi connectivity index (χ1v) is 7.65. The maximum atomic E-state index is 13.0. The second-order valence-electron chi connectivity index (χ2n) is 6.12. The second-order valence-corrected chi connectivity index (χ2v) is 6.12. The smallest absolute Gasteiger partial charge is 0.231 e. The summed E-state index contributed by atoms with van der Waals surface area (Å²) in [6.45, 7) is 3.40. The van der Waals surface area contributed by atoms with Crippen molar-refractivity contribution in [1.29, 1.82) is 0 Å². The molecule has 0 amide bonds. The van der Waals surface area contributed by atoms with E-state index in [2.05, 4.69) is 15.5 Å². The summed E-state index contributed by atoms with van der Waals surface area (Å²) in [5.41, 5.74) is 0.925. The number of nitrogens with one attached hydrogen (secondary N) is 1. The summed E-state index contributed by atoms with van der Waals surface area (Å²) >= 11 is 0. The largest absolute Gasteiger partial charge is 0.381 e. The molecule has 1 N–H and O–H groups in total. The molecule has 1 aromatic carbocycles. The Morgan fingerprint density at radius 2 is 1.95 bits per heavy atom. The van der Waals surface area contributed by atoms with E-state index < -0.39 is 0 Å². The zero-order valence-electron chi connectivity index (χ0n) is 12.2. The average Bonchev–Trinajstić information content (AvgIpc) is 3.16. The van der Waals surface area contributed by atoms with Gasteiger partial charge < -0.3 is 14.6 Å². The van der Waals surface area contributed by atoms with Gasteiger partial charge in [0, 0.05) is 31.9 Å². The molecule has 4 rings (SSSR count). The predicted molar refractivity (Wildman–Crippen MR) is 77.8 cm³/mol. The Labute approximate surface area is 127 Å². The number of nitrogens with zero attached hydrogens (tertiary/aromatic N) is 2. The Kier molecular flexibility index (Phi) is 3.43. The lowest BCUT2D eigenvalue weighted by Crippen LogP contribution is -2.35. The van der Waals surface area contributed by atoms with Gasteiger partial charge >= 0.3 is 0 Å². The van der Waals surface area contributed by atoms with Crippen molar-refractivity contribution in [3.63, 3.8) is 0 Å². The minimum Gasteiger partial charge on any atom is -0.381 e. The summed E-state index contributed by atoms with van der Waals surface area (Å²) in [6.07, 6.45) is 2.03. The summed E-state index contributed by atoms with van der Waals surface area (Å²) in [5.74, 6) is 1.14. The van der Waals surface area contributed by atoms with Crippen LogP contribution in [0.4, 0.5) is 4.39 Å². The molecule has 0 radical (unpaired) electrons. The van der Waals surface area contributed by atoms with Gasteiger partial charge in [-0.05, 0) is 42.5 Å². The quantitative estimate of drug-likeness (QED) is 0.923. The fourth-order valence-electron chi connectivity index (χ4n) is 3.55. The second kappa shape index (κ2) is 5.44. The number of benzene rings is 1. The lowest BCUT2D eigenvalue weighted by molar-refractivity contribution is 0.0122. The van der Waals surface area contributed by atoms with E-state index in [9.17, 15) is 4.39 Å². The van der Waals surface area contributed by atoms with Crippen molar-refractivity contribution in [1.82, 2.24) is 15.5 Å². The topological polar surface area (TPSA) is 60.2 Å². The zero-order chi connectivity index (χ0) is 15.0. The maximum absolute atomic E-state index is 13.0. The summed E-state index contributed by atoms with van der Waals surface area (Å²) in [6, 6.07) is 6.15. The highest BCUT2D eigenvalue weighted by Crippen LogP contribution is 2.46. The molecule has 22 heavy (non-hydrogen) atoms. The zero-order valence-corrected chi connectivity index (χ0v) is 12.2. The molecule has 116 valence electrons. The summed E-state index contributed by atoms with van der Waals surface area (Å²) < 4.78 is 24.0. The van der Waals surface area contributed by atoms with Gasteiger partial charge in [0.1, 0.15) is 5.82 Å². The molecule has 2 aromatic rings. The number of rotatable bonds is 2. The molecule has 1 spiro atoms. The molecule has 0 unspecified atom stereocenters. The van der Waals surface area contributed by atoms with Crippen molar-refractivity contribution in [2.45, 2.75) is 18.8 Å². The molecule has 5 nitrogen and oxygen atoms in total. The number of aromatic nitrogens is 2. The molecular formula is C16H18FN3O2. The van der Waals surface area contributed by atoms with Gasteiger partial charge in [0.25, 0.3) is 0 Å². The van der Waals surface area contributed by atoms with Crippen LogP contribution in [0.25, 0.3) is 11.4 Å². The Hall–Kier alpha value is -1.79. The fourth-order valence-corrected chi connectivity index (χ4v) is 3.55. The number of hydrogen-bond acceptors (Lipinski definition) is 5. The third-order valence-corrected chi connectivity index (χ3v) is 4.90. The van der Waals surface area contributed by atoms with Crippen molar-refractivity contribution in [3.05, 3.63) is 36.0 Å². The van der Waals surface area contributed by atoms with E-state index in [1.165, 1.54) is 12.1 Å². The first-order valence-electron chi connectivity index (χ1n) is 7.65. The molecule has 3 heterocycles. The van der Waals surface area contributed by atoms with Gasteiger partial charge in [-0.1, -0.05) is 5.16 Å². The van der Waals surface area contributed by atoms with Crippen LogP contribution in [-0.2, 0) is 4.74 Å². The van der Waals surface area contributed by atoms with Crippen LogP contribution in [0.15, 0.2) is 28.8 Å². The third-order valence-electron chi connectivity index (χ3n) is 4.90. The molecule has 0 saturated carbocycles. The molecule has 1 aromatic heterocycles. The fraction of sp³-hybridized carbons (Fsp3) is 0.500. The standard InChI is InChI=1S/C16H18FN3O2/c17-12-3-1-11(2-4-12)14-19-15(22-20-14)13-9-18-10-16(13)5-7-21-8-6-16/h1-4,13,18H,5-10H2/t13-/m0/s1. The van der Waals surface area contributed by atoms with E-state index in [-0.39, 0.29) is 17.2 Å². The molecule has 0 aliphatic carbocycles. The van der Waals surface area contributed by atoms with Crippen LogP contribution in [-0.4, -0.2) is 36.4 Å². The van der Waals surface area contributed by atoms with Crippen LogP contribution in [0, 0.1) is 11.2 Å². The van der Waals surface area contributed by atoms with Gasteiger partial charge in [0.2, 0.25) is 11.7 Å². The van der Waals surface area contributed by atoms with Gasteiger partial charge in [-0.15, -0.1) is 0 Å². The lowest BCUT2D eigenvalue weighted by atomic mass is 9.72. The van der Waals surface area contributed by atoms with Gasteiger partial charge in [0.15, 0.2) is 0 Å². The highest BCUT2D eigenvalue weighted by molar-refractivity contribution is 5.53. The molecule has 2 aliphatic heterocycles. The normalized spacial score (nSPS) is 24.0. The number of hydrogen-bond donors (Lipinski definition) is 1. The van der Waals surface area contributed by atoms with Crippen LogP contribution in [0.3, 0.4) is 0 Å².